The zero-order valence-corrected chi connectivity index (χ0v) is 15.7. The number of amides is 1. The lowest BCUT2D eigenvalue weighted by atomic mass is 10.2. The summed E-state index contributed by atoms with van der Waals surface area (Å²) in [5.74, 6) is -0.0841. The zero-order valence-electron chi connectivity index (χ0n) is 15.7. The van der Waals surface area contributed by atoms with Crippen LogP contribution < -0.4 is 5.56 Å². The molecule has 2 aromatic carbocycles. The minimum absolute atomic E-state index is 0.00211. The van der Waals surface area contributed by atoms with E-state index in [1.54, 1.807) is 4.90 Å². The number of rotatable bonds is 7. The molecule has 0 saturated carbocycles. The number of para-hydroxylation sites is 2. The van der Waals surface area contributed by atoms with Crippen molar-refractivity contribution < 1.29 is 4.79 Å². The van der Waals surface area contributed by atoms with Gasteiger partial charge in [0.25, 0.3) is 5.56 Å². The minimum Gasteiger partial charge on any atom is -0.336 e. The molecule has 3 aromatic rings. The lowest BCUT2D eigenvalue weighted by Gasteiger charge is -2.25. The Morgan fingerprint density at radius 1 is 1.00 bits per heavy atom. The lowest BCUT2D eigenvalue weighted by Crippen LogP contribution is -2.39. The predicted molar refractivity (Wildman–Crippen MR) is 106 cm³/mol. The van der Waals surface area contributed by atoms with Crippen molar-refractivity contribution in [1.82, 2.24) is 19.4 Å². The number of aromatic nitrogens is 2. The molecule has 140 valence electrons. The fraction of sp³-hybridized carbons (Fsp3) is 0.286. The summed E-state index contributed by atoms with van der Waals surface area (Å²) in [7, 11) is 3.96. The molecule has 1 amide bonds. The molecule has 0 aliphatic carbocycles. The first-order valence-corrected chi connectivity index (χ1v) is 8.95. The topological polar surface area (TPSA) is 58.4 Å². The van der Waals surface area contributed by atoms with E-state index in [1.165, 1.54) is 10.8 Å². The Balaban J connectivity index is 1.86. The van der Waals surface area contributed by atoms with E-state index in [4.69, 9.17) is 0 Å². The molecule has 0 bridgehead atoms. The van der Waals surface area contributed by atoms with Crippen LogP contribution in [0.25, 0.3) is 11.0 Å². The Kier molecular flexibility index (Phi) is 5.98. The predicted octanol–water partition coefficient (Wildman–Crippen LogP) is 1.99. The van der Waals surface area contributed by atoms with Crippen LogP contribution in [0.3, 0.4) is 0 Å². The van der Waals surface area contributed by atoms with Crippen molar-refractivity contribution in [2.75, 3.05) is 27.2 Å². The molecule has 27 heavy (non-hydrogen) atoms. The van der Waals surface area contributed by atoms with E-state index in [0.29, 0.717) is 24.1 Å². The monoisotopic (exact) mass is 364 g/mol. The smallest absolute Gasteiger partial charge is 0.269 e. The largest absolute Gasteiger partial charge is 0.336 e. The third-order valence-electron chi connectivity index (χ3n) is 4.43. The van der Waals surface area contributed by atoms with E-state index in [-0.39, 0.29) is 18.0 Å². The Morgan fingerprint density at radius 2 is 1.70 bits per heavy atom. The number of carbonyl (C=O) groups is 1. The van der Waals surface area contributed by atoms with Gasteiger partial charge in [-0.25, -0.2) is 4.98 Å². The summed E-state index contributed by atoms with van der Waals surface area (Å²) in [4.78, 5) is 33.4. The molecule has 0 unspecified atom stereocenters. The summed E-state index contributed by atoms with van der Waals surface area (Å²) in [6, 6.07) is 17.3. The number of nitrogens with zero attached hydrogens (tertiary/aromatic N) is 4. The van der Waals surface area contributed by atoms with Gasteiger partial charge in [-0.3, -0.25) is 14.2 Å². The molecule has 0 N–H and O–H groups in total. The van der Waals surface area contributed by atoms with Crippen LogP contribution in [0.15, 0.2) is 65.6 Å². The van der Waals surface area contributed by atoms with Crippen molar-refractivity contribution in [1.29, 1.82) is 0 Å². The van der Waals surface area contributed by atoms with E-state index < -0.39 is 0 Å². The fourth-order valence-electron chi connectivity index (χ4n) is 2.93. The lowest BCUT2D eigenvalue weighted by molar-refractivity contribution is -0.132. The summed E-state index contributed by atoms with van der Waals surface area (Å²) in [5.41, 5.74) is 2.17. The van der Waals surface area contributed by atoms with Gasteiger partial charge in [0, 0.05) is 19.6 Å². The number of carbonyl (C=O) groups excluding carboxylic acids is 1. The third-order valence-corrected chi connectivity index (χ3v) is 4.43. The molecule has 0 radical (unpaired) electrons. The molecule has 0 aliphatic rings. The van der Waals surface area contributed by atoms with E-state index in [2.05, 4.69) is 4.98 Å². The average molecular weight is 364 g/mol. The van der Waals surface area contributed by atoms with Crippen LogP contribution in [0.1, 0.15) is 5.56 Å². The fourth-order valence-corrected chi connectivity index (χ4v) is 2.93. The Labute approximate surface area is 158 Å². The zero-order chi connectivity index (χ0) is 19.2. The van der Waals surface area contributed by atoms with Crippen molar-refractivity contribution in [3.63, 3.8) is 0 Å². The van der Waals surface area contributed by atoms with Gasteiger partial charge < -0.3 is 9.80 Å². The van der Waals surface area contributed by atoms with Gasteiger partial charge >= 0.3 is 0 Å². The molecule has 0 atom stereocenters. The van der Waals surface area contributed by atoms with Gasteiger partial charge in [0.1, 0.15) is 6.54 Å². The quantitative estimate of drug-likeness (QED) is 0.643. The normalized spacial score (nSPS) is 11.1. The number of hydrogen-bond donors (Lipinski definition) is 0. The van der Waals surface area contributed by atoms with Crippen molar-refractivity contribution in [2.45, 2.75) is 13.1 Å². The van der Waals surface area contributed by atoms with E-state index >= 15 is 0 Å². The highest BCUT2D eigenvalue weighted by Gasteiger charge is 2.17. The van der Waals surface area contributed by atoms with Crippen LogP contribution in [-0.2, 0) is 17.9 Å². The number of likely N-dealkylation sites (N-methyl/N-ethyl adjacent to an activating group) is 1. The highest BCUT2D eigenvalue weighted by Crippen LogP contribution is 2.10. The van der Waals surface area contributed by atoms with Gasteiger partial charge in [0.15, 0.2) is 0 Å². The molecule has 1 aromatic heterocycles. The van der Waals surface area contributed by atoms with Crippen LogP contribution in [0.5, 0.6) is 0 Å². The maximum absolute atomic E-state index is 13.1. The Morgan fingerprint density at radius 3 is 2.44 bits per heavy atom. The minimum atomic E-state index is -0.269. The van der Waals surface area contributed by atoms with Crippen LogP contribution in [0.4, 0.5) is 0 Å². The second-order valence-electron chi connectivity index (χ2n) is 6.78. The van der Waals surface area contributed by atoms with Crippen molar-refractivity contribution in [3.05, 3.63) is 76.7 Å². The first-order chi connectivity index (χ1) is 13.0. The molecule has 1 heterocycles. The molecule has 3 rings (SSSR count). The third kappa shape index (κ3) is 4.80. The molecule has 0 saturated heterocycles. The summed E-state index contributed by atoms with van der Waals surface area (Å²) in [6.45, 7) is 1.87. The Bertz CT molecular complexity index is 967. The molecule has 0 spiro atoms. The van der Waals surface area contributed by atoms with Crippen LogP contribution >= 0.6 is 0 Å². The van der Waals surface area contributed by atoms with Crippen molar-refractivity contribution in [2.24, 2.45) is 0 Å². The standard InChI is InChI=1S/C21H24N4O2/c1-23(2)12-13-24(15-17-8-4-3-5-9-17)21(27)16-25-19-11-7-6-10-18(19)22-14-20(25)26/h3-11,14H,12-13,15-16H2,1-2H3. The van der Waals surface area contributed by atoms with Gasteiger partial charge in [-0.05, 0) is 31.8 Å². The first-order valence-electron chi connectivity index (χ1n) is 8.95. The first kappa shape index (κ1) is 18.8. The maximum atomic E-state index is 13.1. The van der Waals surface area contributed by atoms with Gasteiger partial charge in [0.05, 0.1) is 17.2 Å². The van der Waals surface area contributed by atoms with Crippen LogP contribution in [0, 0.1) is 0 Å². The van der Waals surface area contributed by atoms with Gasteiger partial charge in [-0.15, -0.1) is 0 Å². The summed E-state index contributed by atoms with van der Waals surface area (Å²) < 4.78 is 1.50. The second-order valence-corrected chi connectivity index (χ2v) is 6.78. The molecular formula is C21H24N4O2. The molecule has 0 aliphatic heterocycles. The highest BCUT2D eigenvalue weighted by molar-refractivity contribution is 5.80. The number of fused-ring (bicyclic) bond motifs is 1. The van der Waals surface area contributed by atoms with Crippen LogP contribution in [-0.4, -0.2) is 52.4 Å². The molecular weight excluding hydrogens is 340 g/mol. The molecule has 6 nitrogen and oxygen atoms in total. The van der Waals surface area contributed by atoms with Gasteiger partial charge in [-0.1, -0.05) is 42.5 Å². The molecule has 0 fully saturated rings. The Hall–Kier alpha value is -2.99. The summed E-state index contributed by atoms with van der Waals surface area (Å²) in [5, 5.41) is 0. The molecule has 6 heteroatoms. The average Bonchev–Trinajstić information content (AvgIpc) is 2.68. The van der Waals surface area contributed by atoms with Crippen molar-refractivity contribution >= 4 is 16.9 Å². The summed E-state index contributed by atoms with van der Waals surface area (Å²) in [6.07, 6.45) is 1.27. The SMILES string of the molecule is CN(C)CCN(Cc1ccccc1)C(=O)Cn1c(=O)cnc2ccccc21. The number of benzene rings is 2. The number of hydrogen-bond acceptors (Lipinski definition) is 4. The van der Waals surface area contributed by atoms with E-state index in [1.807, 2.05) is 73.6 Å². The maximum Gasteiger partial charge on any atom is 0.269 e. The summed E-state index contributed by atoms with van der Waals surface area (Å²) >= 11 is 0. The van der Waals surface area contributed by atoms with E-state index in [0.717, 1.165) is 12.1 Å². The van der Waals surface area contributed by atoms with Crippen molar-refractivity contribution in [3.8, 4) is 0 Å². The second kappa shape index (κ2) is 8.60. The van der Waals surface area contributed by atoms with Crippen LogP contribution in [0.2, 0.25) is 0 Å². The highest BCUT2D eigenvalue weighted by atomic mass is 16.2. The van der Waals surface area contributed by atoms with Gasteiger partial charge in [0.2, 0.25) is 5.91 Å². The van der Waals surface area contributed by atoms with E-state index in [9.17, 15) is 9.59 Å². The van der Waals surface area contributed by atoms with Gasteiger partial charge in [-0.2, -0.15) is 0 Å².